The lowest BCUT2D eigenvalue weighted by molar-refractivity contribution is 0.253. The molecule has 1 aliphatic rings. The van der Waals surface area contributed by atoms with Crippen LogP contribution in [-0.2, 0) is 16.4 Å². The van der Waals surface area contributed by atoms with Gasteiger partial charge in [0.25, 0.3) is 10.0 Å². The van der Waals surface area contributed by atoms with Gasteiger partial charge in [0, 0.05) is 18.8 Å². The third-order valence-electron chi connectivity index (χ3n) is 4.47. The second-order valence-electron chi connectivity index (χ2n) is 6.32. The Labute approximate surface area is 165 Å². The molecular weight excluding hydrogens is 378 g/mol. The van der Waals surface area contributed by atoms with Crippen LogP contribution < -0.4 is 19.7 Å². The number of anilines is 2. The van der Waals surface area contributed by atoms with Gasteiger partial charge in [-0.3, -0.25) is 4.31 Å². The van der Waals surface area contributed by atoms with Gasteiger partial charge >= 0.3 is 6.03 Å². The van der Waals surface area contributed by atoms with Gasteiger partial charge in [0.05, 0.1) is 17.7 Å². The van der Waals surface area contributed by atoms with E-state index < -0.39 is 10.0 Å². The van der Waals surface area contributed by atoms with Crippen molar-refractivity contribution in [1.82, 2.24) is 5.32 Å². The minimum atomic E-state index is -3.68. The highest BCUT2D eigenvalue weighted by atomic mass is 32.2. The van der Waals surface area contributed by atoms with Gasteiger partial charge in [0.1, 0.15) is 5.75 Å². The maximum Gasteiger partial charge on any atom is 0.319 e. The molecule has 148 valence electrons. The molecule has 0 bridgehead atoms. The molecule has 1 aliphatic heterocycles. The largest absolute Gasteiger partial charge is 0.497 e. The van der Waals surface area contributed by atoms with Crippen LogP contribution in [0.5, 0.6) is 5.75 Å². The maximum absolute atomic E-state index is 13.1. The summed E-state index contributed by atoms with van der Waals surface area (Å²) >= 11 is 0. The summed E-state index contributed by atoms with van der Waals surface area (Å²) < 4.78 is 32.8. The molecule has 0 unspecified atom stereocenters. The Morgan fingerprint density at radius 1 is 1.25 bits per heavy atom. The minimum absolute atomic E-state index is 0.215. The first-order valence-electron chi connectivity index (χ1n) is 8.91. The number of rotatable bonds is 6. The molecule has 2 aromatic rings. The molecule has 0 radical (unpaired) electrons. The van der Waals surface area contributed by atoms with Gasteiger partial charge in [-0.2, -0.15) is 0 Å². The van der Waals surface area contributed by atoms with Crippen molar-refractivity contribution in [3.8, 4) is 5.75 Å². The van der Waals surface area contributed by atoms with E-state index in [1.165, 1.54) is 11.4 Å². The average Bonchev–Trinajstić information content (AvgIpc) is 2.71. The number of carbonyl (C=O) groups is 1. The van der Waals surface area contributed by atoms with E-state index in [0.717, 1.165) is 12.0 Å². The Bertz CT molecular complexity index is 971. The Hall–Kier alpha value is -3.00. The molecule has 1 heterocycles. The highest BCUT2D eigenvalue weighted by Crippen LogP contribution is 2.34. The highest BCUT2D eigenvalue weighted by Gasteiger charge is 2.29. The molecule has 0 saturated heterocycles. The number of urea groups is 1. The number of ether oxygens (including phenoxy) is 1. The van der Waals surface area contributed by atoms with E-state index >= 15 is 0 Å². The molecule has 28 heavy (non-hydrogen) atoms. The maximum atomic E-state index is 13.1. The Morgan fingerprint density at radius 2 is 2.00 bits per heavy atom. The summed E-state index contributed by atoms with van der Waals surface area (Å²) in [5, 5.41) is 5.39. The van der Waals surface area contributed by atoms with E-state index in [-0.39, 0.29) is 10.9 Å². The van der Waals surface area contributed by atoms with Crippen molar-refractivity contribution in [3.63, 3.8) is 0 Å². The summed E-state index contributed by atoms with van der Waals surface area (Å²) in [6, 6.07) is 11.3. The van der Waals surface area contributed by atoms with Crippen molar-refractivity contribution in [3.05, 3.63) is 60.7 Å². The number of amides is 2. The zero-order chi connectivity index (χ0) is 20.1. The van der Waals surface area contributed by atoms with E-state index in [1.54, 1.807) is 42.5 Å². The normalized spacial score (nSPS) is 13.4. The summed E-state index contributed by atoms with van der Waals surface area (Å²) in [7, 11) is -2.15. The van der Waals surface area contributed by atoms with Crippen molar-refractivity contribution < 1.29 is 17.9 Å². The van der Waals surface area contributed by atoms with Gasteiger partial charge in [-0.1, -0.05) is 6.08 Å². The summed E-state index contributed by atoms with van der Waals surface area (Å²) in [5.41, 5.74) is 2.13. The number of nitrogens with one attached hydrogen (secondary N) is 2. The molecular formula is C20H23N3O4S. The zero-order valence-electron chi connectivity index (χ0n) is 15.6. The molecule has 7 nitrogen and oxygen atoms in total. The van der Waals surface area contributed by atoms with Crippen LogP contribution in [0.1, 0.15) is 12.0 Å². The number of nitrogens with zero attached hydrogens (tertiary/aromatic N) is 1. The lowest BCUT2D eigenvalue weighted by atomic mass is 10.0. The second kappa shape index (κ2) is 8.35. The molecule has 0 spiro atoms. The highest BCUT2D eigenvalue weighted by molar-refractivity contribution is 7.92. The minimum Gasteiger partial charge on any atom is -0.497 e. The zero-order valence-corrected chi connectivity index (χ0v) is 16.5. The van der Waals surface area contributed by atoms with Gasteiger partial charge < -0.3 is 15.4 Å². The number of sulfonamides is 1. The van der Waals surface area contributed by atoms with E-state index in [9.17, 15) is 13.2 Å². The topological polar surface area (TPSA) is 87.7 Å². The average molecular weight is 401 g/mol. The van der Waals surface area contributed by atoms with Crippen molar-refractivity contribution in [2.45, 2.75) is 17.7 Å². The number of hydrogen-bond acceptors (Lipinski definition) is 4. The molecule has 2 amide bonds. The van der Waals surface area contributed by atoms with Crippen LogP contribution in [0.15, 0.2) is 60.0 Å². The third kappa shape index (κ3) is 4.12. The van der Waals surface area contributed by atoms with Crippen LogP contribution in [0.2, 0.25) is 0 Å². The summed E-state index contributed by atoms with van der Waals surface area (Å²) in [4.78, 5) is 12.0. The number of hydrogen-bond donors (Lipinski definition) is 2. The number of fused-ring (bicyclic) bond motifs is 1. The SMILES string of the molecule is C=CCNC(=O)Nc1ccc2c(c1)CCCN2S(=O)(=O)c1ccc(OC)cc1. The van der Waals surface area contributed by atoms with Gasteiger partial charge in [0.2, 0.25) is 0 Å². The predicted molar refractivity (Wildman–Crippen MR) is 110 cm³/mol. The number of aryl methyl sites for hydroxylation is 1. The van der Waals surface area contributed by atoms with Gasteiger partial charge in [0.15, 0.2) is 0 Å². The van der Waals surface area contributed by atoms with Gasteiger partial charge in [-0.15, -0.1) is 6.58 Å². The molecule has 3 rings (SSSR count). The molecule has 0 atom stereocenters. The molecule has 0 fully saturated rings. The van der Waals surface area contributed by atoms with Crippen LogP contribution in [0.4, 0.5) is 16.2 Å². The standard InChI is InChI=1S/C20H23N3O4S/c1-3-12-21-20(24)22-16-6-11-19-15(14-16)5-4-13-23(19)28(25,26)18-9-7-17(27-2)8-10-18/h3,6-11,14H,1,4-5,12-13H2,2H3,(H2,21,22,24). The molecule has 8 heteroatoms. The van der Waals surface area contributed by atoms with E-state index in [2.05, 4.69) is 17.2 Å². The third-order valence-corrected chi connectivity index (χ3v) is 6.30. The second-order valence-corrected chi connectivity index (χ2v) is 8.19. The number of carbonyl (C=O) groups excluding carboxylic acids is 1. The first kappa shape index (κ1) is 19.8. The van der Waals surface area contributed by atoms with Crippen molar-refractivity contribution in [2.24, 2.45) is 0 Å². The predicted octanol–water partition coefficient (Wildman–Crippen LogP) is 3.14. The van der Waals surface area contributed by atoms with Crippen molar-refractivity contribution >= 4 is 27.4 Å². The summed E-state index contributed by atoms with van der Waals surface area (Å²) in [6.45, 7) is 4.33. The lowest BCUT2D eigenvalue weighted by Gasteiger charge is -2.31. The smallest absolute Gasteiger partial charge is 0.319 e. The van der Waals surface area contributed by atoms with Crippen molar-refractivity contribution in [1.29, 1.82) is 0 Å². The fourth-order valence-corrected chi connectivity index (χ4v) is 4.65. The fourth-order valence-electron chi connectivity index (χ4n) is 3.11. The van der Waals surface area contributed by atoms with Crippen molar-refractivity contribution in [2.75, 3.05) is 29.8 Å². The molecule has 0 aromatic heterocycles. The molecule has 2 aromatic carbocycles. The van der Waals surface area contributed by atoms with Crippen LogP contribution >= 0.6 is 0 Å². The van der Waals surface area contributed by atoms with Gasteiger partial charge in [-0.25, -0.2) is 13.2 Å². The van der Waals surface area contributed by atoms with Crippen LogP contribution in [0.3, 0.4) is 0 Å². The number of benzene rings is 2. The van der Waals surface area contributed by atoms with E-state index in [4.69, 9.17) is 4.74 Å². The molecule has 0 aliphatic carbocycles. The van der Waals surface area contributed by atoms with Crippen LogP contribution in [-0.4, -0.2) is 34.6 Å². The first-order valence-corrected chi connectivity index (χ1v) is 10.3. The fraction of sp³-hybridized carbons (Fsp3) is 0.250. The number of methoxy groups -OCH3 is 1. The first-order chi connectivity index (χ1) is 13.5. The van der Waals surface area contributed by atoms with E-state index in [1.807, 2.05) is 6.07 Å². The van der Waals surface area contributed by atoms with Crippen LogP contribution in [0.25, 0.3) is 0 Å². The Morgan fingerprint density at radius 3 is 2.68 bits per heavy atom. The monoisotopic (exact) mass is 401 g/mol. The summed E-state index contributed by atoms with van der Waals surface area (Å²) in [6.07, 6.45) is 3.04. The quantitative estimate of drug-likeness (QED) is 0.728. The Kier molecular flexibility index (Phi) is 5.89. The van der Waals surface area contributed by atoms with Gasteiger partial charge in [-0.05, 0) is 60.9 Å². The molecule has 0 saturated carbocycles. The summed E-state index contributed by atoms with van der Waals surface area (Å²) in [5.74, 6) is 0.600. The van der Waals surface area contributed by atoms with E-state index in [0.29, 0.717) is 36.6 Å². The van der Waals surface area contributed by atoms with Crippen LogP contribution in [0, 0.1) is 0 Å². The molecule has 2 N–H and O–H groups in total. The lowest BCUT2D eigenvalue weighted by Crippen LogP contribution is -2.35. The Balaban J connectivity index is 1.86.